The number of hydrogen-bond acceptors (Lipinski definition) is 5. The molecular formula is C13H21NO5S. The van der Waals surface area contributed by atoms with E-state index < -0.39 is 15.7 Å². The van der Waals surface area contributed by atoms with Crippen LogP contribution in [0.4, 0.5) is 0 Å². The Bertz CT molecular complexity index is 533. The summed E-state index contributed by atoms with van der Waals surface area (Å²) in [5, 5.41) is 2.39. The first kappa shape index (κ1) is 16.7. The topological polar surface area (TPSA) is 85.6 Å². The molecule has 0 spiro atoms. The molecule has 0 bridgehead atoms. The van der Waals surface area contributed by atoms with E-state index in [1.54, 1.807) is 0 Å². The van der Waals surface area contributed by atoms with Crippen LogP contribution in [0.3, 0.4) is 0 Å². The highest BCUT2D eigenvalue weighted by Crippen LogP contribution is 2.13. The molecule has 1 N–H and O–H groups in total. The van der Waals surface area contributed by atoms with Gasteiger partial charge in [-0.1, -0.05) is 13.8 Å². The molecule has 0 aliphatic heterocycles. The van der Waals surface area contributed by atoms with Gasteiger partial charge < -0.3 is 14.5 Å². The molecule has 1 rings (SSSR count). The van der Waals surface area contributed by atoms with Gasteiger partial charge in [0.25, 0.3) is 5.91 Å². The Hall–Kier alpha value is -1.34. The summed E-state index contributed by atoms with van der Waals surface area (Å²) in [4.78, 5) is 11.7. The van der Waals surface area contributed by atoms with Crippen LogP contribution < -0.4 is 5.32 Å². The highest BCUT2D eigenvalue weighted by Gasteiger charge is 2.16. The lowest BCUT2D eigenvalue weighted by molar-refractivity contribution is 0.0875. The number of rotatable bonds is 8. The quantitative estimate of drug-likeness (QED) is 0.735. The first-order valence-electron chi connectivity index (χ1n) is 6.46. The largest absolute Gasteiger partial charge is 0.440 e. The third-order valence-corrected chi connectivity index (χ3v) is 3.49. The lowest BCUT2D eigenvalue weighted by Gasteiger charge is -2.06. The van der Waals surface area contributed by atoms with E-state index >= 15 is 0 Å². The van der Waals surface area contributed by atoms with Crippen LogP contribution in [0.1, 0.15) is 30.8 Å². The van der Waals surface area contributed by atoms with E-state index in [1.807, 2.05) is 0 Å². The summed E-state index contributed by atoms with van der Waals surface area (Å²) in [5.74, 6) is 0.113. The fourth-order valence-corrected chi connectivity index (χ4v) is 1.94. The molecule has 0 fully saturated rings. The van der Waals surface area contributed by atoms with Crippen LogP contribution in [0, 0.1) is 5.92 Å². The van der Waals surface area contributed by atoms with Crippen LogP contribution in [0.5, 0.6) is 0 Å². The summed E-state index contributed by atoms with van der Waals surface area (Å²) in [6.07, 6.45) is 2.00. The molecule has 0 saturated heterocycles. The Morgan fingerprint density at radius 2 is 2.05 bits per heavy atom. The highest BCUT2D eigenvalue weighted by atomic mass is 32.2. The Kier molecular flexibility index (Phi) is 6.22. The van der Waals surface area contributed by atoms with Gasteiger partial charge in [0.05, 0.1) is 6.61 Å². The van der Waals surface area contributed by atoms with Crippen LogP contribution in [0.25, 0.3) is 0 Å². The second kappa shape index (κ2) is 7.44. The summed E-state index contributed by atoms with van der Waals surface area (Å²) >= 11 is 0. The van der Waals surface area contributed by atoms with Gasteiger partial charge in [-0.05, 0) is 24.5 Å². The predicted octanol–water partition coefficient (Wildman–Crippen LogP) is 1.48. The number of amides is 1. The van der Waals surface area contributed by atoms with E-state index in [2.05, 4.69) is 19.2 Å². The number of furan rings is 1. The van der Waals surface area contributed by atoms with Crippen molar-refractivity contribution in [2.75, 3.05) is 26.0 Å². The maximum absolute atomic E-state index is 11.7. The normalized spacial score (nSPS) is 11.8. The van der Waals surface area contributed by atoms with Gasteiger partial charge in [-0.15, -0.1) is 0 Å². The molecule has 7 heteroatoms. The van der Waals surface area contributed by atoms with Crippen molar-refractivity contribution in [2.24, 2.45) is 5.92 Å². The second-order valence-electron chi connectivity index (χ2n) is 4.94. The van der Waals surface area contributed by atoms with Crippen molar-refractivity contribution in [2.45, 2.75) is 25.4 Å². The van der Waals surface area contributed by atoms with Gasteiger partial charge in [0.1, 0.15) is 0 Å². The maximum atomic E-state index is 11.7. The van der Waals surface area contributed by atoms with Crippen molar-refractivity contribution in [1.29, 1.82) is 0 Å². The fourth-order valence-electron chi connectivity index (χ4n) is 1.39. The summed E-state index contributed by atoms with van der Waals surface area (Å²) < 4.78 is 32.7. The van der Waals surface area contributed by atoms with E-state index in [0.717, 1.165) is 12.7 Å². The van der Waals surface area contributed by atoms with Crippen molar-refractivity contribution >= 4 is 15.7 Å². The summed E-state index contributed by atoms with van der Waals surface area (Å²) in [6, 6.07) is 2.61. The van der Waals surface area contributed by atoms with E-state index in [4.69, 9.17) is 9.15 Å². The van der Waals surface area contributed by atoms with Crippen LogP contribution in [0.2, 0.25) is 0 Å². The van der Waals surface area contributed by atoms with Crippen molar-refractivity contribution in [1.82, 2.24) is 5.32 Å². The zero-order valence-electron chi connectivity index (χ0n) is 12.0. The molecule has 0 aromatic carbocycles. The summed E-state index contributed by atoms with van der Waals surface area (Å²) in [5.41, 5.74) is 0. The van der Waals surface area contributed by atoms with Crippen molar-refractivity contribution in [3.63, 3.8) is 0 Å². The predicted molar refractivity (Wildman–Crippen MR) is 74.4 cm³/mol. The smallest absolute Gasteiger partial charge is 0.287 e. The number of nitrogens with one attached hydrogen (secondary N) is 1. The molecule has 0 aliphatic rings. The zero-order valence-corrected chi connectivity index (χ0v) is 12.8. The molecule has 1 aromatic heterocycles. The molecule has 0 unspecified atom stereocenters. The van der Waals surface area contributed by atoms with Gasteiger partial charge in [-0.2, -0.15) is 0 Å². The third kappa shape index (κ3) is 5.75. The van der Waals surface area contributed by atoms with Crippen molar-refractivity contribution < 1.29 is 22.4 Å². The molecule has 0 aliphatic carbocycles. The molecule has 0 saturated carbocycles. The monoisotopic (exact) mass is 303 g/mol. The SMILES string of the molecule is CC(C)CCOCCNC(=O)c1ccc(S(C)(=O)=O)o1. The molecule has 114 valence electrons. The number of carbonyl (C=O) groups is 1. The Morgan fingerprint density at radius 3 is 2.60 bits per heavy atom. The van der Waals surface area contributed by atoms with Gasteiger partial charge in [-0.25, -0.2) is 8.42 Å². The van der Waals surface area contributed by atoms with Gasteiger partial charge in [-0.3, -0.25) is 4.79 Å². The van der Waals surface area contributed by atoms with Crippen LogP contribution in [-0.2, 0) is 14.6 Å². The van der Waals surface area contributed by atoms with E-state index in [9.17, 15) is 13.2 Å². The minimum Gasteiger partial charge on any atom is -0.440 e. The zero-order chi connectivity index (χ0) is 15.2. The first-order chi connectivity index (χ1) is 9.30. The lowest BCUT2D eigenvalue weighted by atomic mass is 10.1. The molecule has 0 radical (unpaired) electrons. The summed E-state index contributed by atoms with van der Waals surface area (Å²) in [7, 11) is -3.43. The minimum absolute atomic E-state index is 0.0207. The number of ether oxygens (including phenoxy) is 1. The Labute approximate surface area is 119 Å². The van der Waals surface area contributed by atoms with E-state index in [-0.39, 0.29) is 10.9 Å². The third-order valence-electron chi connectivity index (χ3n) is 2.54. The van der Waals surface area contributed by atoms with Crippen LogP contribution >= 0.6 is 0 Å². The molecule has 0 atom stereocenters. The van der Waals surface area contributed by atoms with Crippen molar-refractivity contribution in [3.8, 4) is 0 Å². The first-order valence-corrected chi connectivity index (χ1v) is 8.35. The standard InChI is InChI=1S/C13H21NO5S/c1-10(2)6-8-18-9-7-14-13(15)11-4-5-12(19-11)20(3,16)17/h4-5,10H,6-9H2,1-3H3,(H,14,15). The average molecular weight is 303 g/mol. The van der Waals surface area contributed by atoms with E-state index in [0.29, 0.717) is 25.7 Å². The lowest BCUT2D eigenvalue weighted by Crippen LogP contribution is -2.27. The molecular weight excluding hydrogens is 282 g/mol. The minimum atomic E-state index is -3.43. The molecule has 1 amide bonds. The van der Waals surface area contributed by atoms with Gasteiger partial charge >= 0.3 is 0 Å². The number of carbonyl (C=O) groups excluding carboxylic acids is 1. The Balaban J connectivity index is 2.31. The Morgan fingerprint density at radius 1 is 1.35 bits per heavy atom. The number of hydrogen-bond donors (Lipinski definition) is 1. The highest BCUT2D eigenvalue weighted by molar-refractivity contribution is 7.90. The van der Waals surface area contributed by atoms with Crippen molar-refractivity contribution in [3.05, 3.63) is 17.9 Å². The molecule has 20 heavy (non-hydrogen) atoms. The summed E-state index contributed by atoms with van der Waals surface area (Å²) in [6.45, 7) is 5.65. The molecule has 1 aromatic rings. The van der Waals surface area contributed by atoms with Gasteiger partial charge in [0.2, 0.25) is 14.9 Å². The second-order valence-corrected chi connectivity index (χ2v) is 6.89. The van der Waals surface area contributed by atoms with Crippen LogP contribution in [-0.4, -0.2) is 40.3 Å². The van der Waals surface area contributed by atoms with E-state index in [1.165, 1.54) is 12.1 Å². The number of sulfone groups is 1. The molecule has 1 heterocycles. The molecule has 6 nitrogen and oxygen atoms in total. The maximum Gasteiger partial charge on any atom is 0.287 e. The average Bonchev–Trinajstić information content (AvgIpc) is 2.82. The van der Waals surface area contributed by atoms with Gasteiger partial charge in [0, 0.05) is 19.4 Å². The fraction of sp³-hybridized carbons (Fsp3) is 0.615. The van der Waals surface area contributed by atoms with Gasteiger partial charge in [0.15, 0.2) is 5.76 Å². The van der Waals surface area contributed by atoms with Crippen LogP contribution in [0.15, 0.2) is 21.6 Å².